The number of piperidine rings is 1. The third-order valence-electron chi connectivity index (χ3n) is 6.35. The lowest BCUT2D eigenvalue weighted by molar-refractivity contribution is 0.0170. The third kappa shape index (κ3) is 2.63. The molecule has 24 heavy (non-hydrogen) atoms. The van der Waals surface area contributed by atoms with Gasteiger partial charge in [0.15, 0.2) is 0 Å². The van der Waals surface area contributed by atoms with E-state index in [1.54, 1.807) is 0 Å². The first-order valence-electron chi connectivity index (χ1n) is 9.71. The summed E-state index contributed by atoms with van der Waals surface area (Å²) in [4.78, 5) is 2.68. The molecule has 0 radical (unpaired) electrons. The summed E-state index contributed by atoms with van der Waals surface area (Å²) in [6, 6.07) is 7.69. The van der Waals surface area contributed by atoms with Crippen molar-refractivity contribution in [3.05, 3.63) is 35.4 Å². The second kappa shape index (κ2) is 5.52. The van der Waals surface area contributed by atoms with E-state index in [1.165, 1.54) is 62.0 Å². The van der Waals surface area contributed by atoms with Gasteiger partial charge in [-0.15, -0.1) is 0 Å². The summed E-state index contributed by atoms with van der Waals surface area (Å²) in [7, 11) is 0. The van der Waals surface area contributed by atoms with Crippen LogP contribution in [0.25, 0.3) is 5.70 Å². The molecule has 128 valence electrons. The Morgan fingerprint density at radius 2 is 2.04 bits per heavy atom. The molecule has 1 spiro atoms. The zero-order valence-electron chi connectivity index (χ0n) is 14.7. The van der Waals surface area contributed by atoms with Crippen LogP contribution in [0.1, 0.15) is 50.2 Å². The second-order valence-corrected chi connectivity index (χ2v) is 8.39. The van der Waals surface area contributed by atoms with Crippen molar-refractivity contribution in [2.75, 3.05) is 19.6 Å². The highest BCUT2D eigenvalue weighted by molar-refractivity contribution is 5.66. The predicted molar refractivity (Wildman–Crippen MR) is 97.1 cm³/mol. The number of nitrogens with one attached hydrogen (secondary N) is 1. The zero-order chi connectivity index (χ0) is 16.1. The van der Waals surface area contributed by atoms with Crippen LogP contribution in [0, 0.1) is 5.92 Å². The van der Waals surface area contributed by atoms with Crippen LogP contribution in [0.2, 0.25) is 0 Å². The van der Waals surface area contributed by atoms with Gasteiger partial charge in [0, 0.05) is 50.6 Å². The van der Waals surface area contributed by atoms with Crippen molar-refractivity contribution in [3.8, 4) is 5.75 Å². The predicted octanol–water partition coefficient (Wildman–Crippen LogP) is 3.59. The number of fused-ring (bicyclic) bond motifs is 1. The number of likely N-dealkylation sites (tertiary alicyclic amines) is 1. The van der Waals surface area contributed by atoms with E-state index in [0.717, 1.165) is 30.7 Å². The average Bonchev–Trinajstić information content (AvgIpc) is 3.37. The first kappa shape index (κ1) is 14.8. The van der Waals surface area contributed by atoms with Crippen LogP contribution in [0.15, 0.2) is 24.3 Å². The Kier molecular flexibility index (Phi) is 3.41. The van der Waals surface area contributed by atoms with Crippen LogP contribution in [0.3, 0.4) is 0 Å². The Morgan fingerprint density at radius 1 is 1.21 bits per heavy atom. The number of nitrogens with zero attached hydrogens (tertiary/aromatic N) is 1. The van der Waals surface area contributed by atoms with Gasteiger partial charge in [0.05, 0.1) is 0 Å². The molecular weight excluding hydrogens is 296 g/mol. The maximum absolute atomic E-state index is 6.48. The summed E-state index contributed by atoms with van der Waals surface area (Å²) in [6.07, 6.45) is 9.83. The Bertz CT molecular complexity index is 668. The molecular formula is C21H28N2O. The minimum absolute atomic E-state index is 0.0786. The van der Waals surface area contributed by atoms with Crippen molar-refractivity contribution in [3.63, 3.8) is 0 Å². The molecule has 1 saturated carbocycles. The summed E-state index contributed by atoms with van der Waals surface area (Å²) < 4.78 is 6.48. The fourth-order valence-electron chi connectivity index (χ4n) is 4.59. The summed E-state index contributed by atoms with van der Waals surface area (Å²) in [5.74, 6) is 1.87. The zero-order valence-corrected chi connectivity index (χ0v) is 14.7. The van der Waals surface area contributed by atoms with E-state index in [1.807, 2.05) is 0 Å². The molecule has 3 heterocycles. The van der Waals surface area contributed by atoms with E-state index in [9.17, 15) is 0 Å². The van der Waals surface area contributed by atoms with Gasteiger partial charge < -0.3 is 15.0 Å². The average molecular weight is 324 g/mol. The molecule has 1 aliphatic carbocycles. The Hall–Kier alpha value is -1.48. The number of benzene rings is 1. The highest BCUT2D eigenvalue weighted by Crippen LogP contribution is 2.43. The lowest BCUT2D eigenvalue weighted by atomic mass is 9.86. The Balaban J connectivity index is 1.32. The fourth-order valence-corrected chi connectivity index (χ4v) is 4.59. The molecule has 4 aliphatic rings. The summed E-state index contributed by atoms with van der Waals surface area (Å²) in [6.45, 7) is 5.82. The molecule has 0 amide bonds. The lowest BCUT2D eigenvalue weighted by Gasteiger charge is -2.38. The van der Waals surface area contributed by atoms with Crippen molar-refractivity contribution in [2.24, 2.45) is 5.92 Å². The summed E-state index contributed by atoms with van der Waals surface area (Å²) in [5.41, 5.74) is 4.13. The number of rotatable bonds is 2. The third-order valence-corrected chi connectivity index (χ3v) is 6.35. The van der Waals surface area contributed by atoms with E-state index >= 15 is 0 Å². The van der Waals surface area contributed by atoms with Crippen molar-refractivity contribution < 1.29 is 4.74 Å². The summed E-state index contributed by atoms with van der Waals surface area (Å²) in [5, 5.41) is 3.59. The van der Waals surface area contributed by atoms with Crippen LogP contribution >= 0.6 is 0 Å². The van der Waals surface area contributed by atoms with E-state index in [-0.39, 0.29) is 5.60 Å². The first-order valence-corrected chi connectivity index (χ1v) is 9.71. The van der Waals surface area contributed by atoms with Gasteiger partial charge in [0.1, 0.15) is 11.4 Å². The molecule has 2 fully saturated rings. The standard InChI is InChI=1S/C21H28N2O/c1-15-2-6-19(22-14-15)16-3-7-20-17(12-16)13-21(24-20)8-10-23(11-9-21)18-4-5-18/h3,6-7,12,15,18,22H,2,4-5,8-11,13-14H2,1H3/t15-/m0/s1. The Morgan fingerprint density at radius 3 is 2.75 bits per heavy atom. The van der Waals surface area contributed by atoms with Crippen LogP contribution in [0.5, 0.6) is 5.75 Å². The molecule has 5 rings (SSSR count). The van der Waals surface area contributed by atoms with E-state index in [4.69, 9.17) is 4.74 Å². The van der Waals surface area contributed by atoms with E-state index < -0.39 is 0 Å². The summed E-state index contributed by atoms with van der Waals surface area (Å²) >= 11 is 0. The molecule has 3 nitrogen and oxygen atoms in total. The molecule has 0 unspecified atom stereocenters. The van der Waals surface area contributed by atoms with Crippen molar-refractivity contribution >= 4 is 5.70 Å². The van der Waals surface area contributed by atoms with Crippen LogP contribution in [-0.2, 0) is 6.42 Å². The molecule has 3 heteroatoms. The van der Waals surface area contributed by atoms with Crippen molar-refractivity contribution in [2.45, 2.75) is 57.1 Å². The highest BCUT2D eigenvalue weighted by Gasteiger charge is 2.44. The molecule has 3 aliphatic heterocycles. The Labute approximate surface area is 145 Å². The van der Waals surface area contributed by atoms with Gasteiger partial charge in [-0.3, -0.25) is 0 Å². The molecule has 0 aromatic heterocycles. The minimum Gasteiger partial charge on any atom is -0.487 e. The number of hydrogen-bond donors (Lipinski definition) is 1. The lowest BCUT2D eigenvalue weighted by Crippen LogP contribution is -2.47. The smallest absolute Gasteiger partial charge is 0.123 e. The van der Waals surface area contributed by atoms with E-state index in [0.29, 0.717) is 0 Å². The number of hydrogen-bond acceptors (Lipinski definition) is 3. The fraction of sp³-hybridized carbons (Fsp3) is 0.619. The SMILES string of the molecule is C[C@H]1CC=C(c2ccc3c(c2)CC2(CCN(C4CC4)CC2)O3)NC1. The van der Waals surface area contributed by atoms with Gasteiger partial charge in [0.2, 0.25) is 0 Å². The second-order valence-electron chi connectivity index (χ2n) is 8.39. The molecule has 1 atom stereocenters. The monoisotopic (exact) mass is 324 g/mol. The topological polar surface area (TPSA) is 24.5 Å². The van der Waals surface area contributed by atoms with Gasteiger partial charge in [-0.25, -0.2) is 0 Å². The normalized spacial score (nSPS) is 28.9. The molecule has 1 N–H and O–H groups in total. The maximum atomic E-state index is 6.48. The largest absolute Gasteiger partial charge is 0.487 e. The van der Waals surface area contributed by atoms with E-state index in [2.05, 4.69) is 41.4 Å². The van der Waals surface area contributed by atoms with Gasteiger partial charge in [-0.2, -0.15) is 0 Å². The van der Waals surface area contributed by atoms with Gasteiger partial charge in [0.25, 0.3) is 0 Å². The maximum Gasteiger partial charge on any atom is 0.123 e. The van der Waals surface area contributed by atoms with Gasteiger partial charge >= 0.3 is 0 Å². The number of ether oxygens (including phenoxy) is 1. The quantitative estimate of drug-likeness (QED) is 0.900. The van der Waals surface area contributed by atoms with Crippen molar-refractivity contribution in [1.29, 1.82) is 0 Å². The van der Waals surface area contributed by atoms with Gasteiger partial charge in [-0.05, 0) is 54.5 Å². The van der Waals surface area contributed by atoms with Crippen LogP contribution < -0.4 is 10.1 Å². The van der Waals surface area contributed by atoms with Gasteiger partial charge in [-0.1, -0.05) is 13.0 Å². The number of allylic oxidation sites excluding steroid dienone is 1. The first-order chi connectivity index (χ1) is 11.7. The molecule has 1 aromatic rings. The van der Waals surface area contributed by atoms with Crippen molar-refractivity contribution in [1.82, 2.24) is 10.2 Å². The highest BCUT2D eigenvalue weighted by atomic mass is 16.5. The molecule has 1 aromatic carbocycles. The van der Waals surface area contributed by atoms with Crippen LogP contribution in [0.4, 0.5) is 0 Å². The minimum atomic E-state index is 0.0786. The molecule has 0 bridgehead atoms. The molecule has 1 saturated heterocycles. The van der Waals surface area contributed by atoms with Crippen LogP contribution in [-0.4, -0.2) is 36.2 Å².